The number of ether oxygens (including phenoxy) is 2. The van der Waals surface area contributed by atoms with E-state index in [1.54, 1.807) is 26.6 Å². The first-order valence-electron chi connectivity index (χ1n) is 15.6. The number of nitrogens with zero attached hydrogens (tertiary/aromatic N) is 4. The van der Waals surface area contributed by atoms with E-state index in [0.717, 1.165) is 34.9 Å². The lowest BCUT2D eigenvalue weighted by molar-refractivity contribution is -0.122. The lowest BCUT2D eigenvalue weighted by atomic mass is 9.81. The molecule has 2 aliphatic heterocycles. The van der Waals surface area contributed by atoms with Crippen LogP contribution in [-0.4, -0.2) is 37.9 Å². The summed E-state index contributed by atoms with van der Waals surface area (Å²) in [6, 6.07) is 16.3. The number of benzene rings is 2. The van der Waals surface area contributed by atoms with Gasteiger partial charge in [-0.2, -0.15) is 10.5 Å². The van der Waals surface area contributed by atoms with Crippen LogP contribution >= 0.6 is 0 Å². The molecular formula is C38H48N4O4. The van der Waals surface area contributed by atoms with Crippen LogP contribution in [0, 0.1) is 33.5 Å². The zero-order chi connectivity index (χ0) is 34.8. The number of carbonyl (C=O) groups is 2. The Morgan fingerprint density at radius 1 is 0.804 bits per heavy atom. The predicted molar refractivity (Wildman–Crippen MR) is 183 cm³/mol. The molecule has 0 bridgehead atoms. The van der Waals surface area contributed by atoms with E-state index < -0.39 is 10.8 Å². The Morgan fingerprint density at radius 3 is 1.72 bits per heavy atom. The van der Waals surface area contributed by atoms with E-state index >= 15 is 0 Å². The zero-order valence-corrected chi connectivity index (χ0v) is 29.4. The van der Waals surface area contributed by atoms with Crippen LogP contribution in [0.5, 0.6) is 11.5 Å². The SMILES string of the molecule is COc1ccc2c(c1)C(C)(C)C(C)N2C=C(C#N)C(=O)C(C)(C)C.COc1ccc2c(c1)CC(C)N2C=C(C#N)C(=O)C(C)(C)C. The van der Waals surface area contributed by atoms with Crippen LogP contribution in [0.25, 0.3) is 0 Å². The molecule has 8 nitrogen and oxygen atoms in total. The molecule has 0 fully saturated rings. The molecule has 244 valence electrons. The van der Waals surface area contributed by atoms with Gasteiger partial charge in [0.2, 0.25) is 0 Å². The Labute approximate surface area is 274 Å². The predicted octanol–water partition coefficient (Wildman–Crippen LogP) is 7.67. The zero-order valence-electron chi connectivity index (χ0n) is 29.4. The van der Waals surface area contributed by atoms with E-state index in [9.17, 15) is 20.1 Å². The molecule has 2 aliphatic rings. The molecule has 0 saturated carbocycles. The topological polar surface area (TPSA) is 107 Å². The molecule has 2 aromatic rings. The first kappa shape index (κ1) is 35.9. The van der Waals surface area contributed by atoms with Crippen LogP contribution in [0.3, 0.4) is 0 Å². The molecule has 0 radical (unpaired) electrons. The summed E-state index contributed by atoms with van der Waals surface area (Å²) in [7, 11) is 3.30. The maximum absolute atomic E-state index is 12.5. The minimum Gasteiger partial charge on any atom is -0.497 e. The van der Waals surface area contributed by atoms with Crippen molar-refractivity contribution in [1.82, 2.24) is 0 Å². The van der Waals surface area contributed by atoms with Gasteiger partial charge in [-0.05, 0) is 67.8 Å². The van der Waals surface area contributed by atoms with Crippen LogP contribution < -0.4 is 19.3 Å². The number of allylic oxidation sites excluding steroid dienone is 2. The third-order valence-corrected chi connectivity index (χ3v) is 8.82. The Hall–Kier alpha value is -4.56. The van der Waals surface area contributed by atoms with Gasteiger partial charge in [0.15, 0.2) is 11.6 Å². The van der Waals surface area contributed by atoms with Gasteiger partial charge in [-0.1, -0.05) is 55.4 Å². The molecule has 0 spiro atoms. The van der Waals surface area contributed by atoms with E-state index in [1.165, 1.54) is 5.56 Å². The van der Waals surface area contributed by atoms with Gasteiger partial charge in [0.05, 0.1) is 14.2 Å². The van der Waals surface area contributed by atoms with Crippen LogP contribution in [0.15, 0.2) is 59.9 Å². The van der Waals surface area contributed by atoms with Crippen molar-refractivity contribution in [2.75, 3.05) is 24.0 Å². The summed E-state index contributed by atoms with van der Waals surface area (Å²) in [6.07, 6.45) is 4.26. The molecule has 0 aromatic heterocycles. The molecule has 0 saturated heterocycles. The normalized spacial score (nSPS) is 18.8. The van der Waals surface area contributed by atoms with E-state index in [4.69, 9.17) is 9.47 Å². The Morgan fingerprint density at radius 2 is 1.26 bits per heavy atom. The van der Waals surface area contributed by atoms with Crippen molar-refractivity contribution in [3.63, 3.8) is 0 Å². The average Bonchev–Trinajstić information content (AvgIpc) is 3.40. The summed E-state index contributed by atoms with van der Waals surface area (Å²) in [6.45, 7) is 19.5. The number of methoxy groups -OCH3 is 2. The number of nitriles is 2. The highest BCUT2D eigenvalue weighted by Gasteiger charge is 2.42. The fourth-order valence-electron chi connectivity index (χ4n) is 5.66. The Kier molecular flexibility index (Phi) is 10.5. The molecule has 0 aliphatic carbocycles. The minimum atomic E-state index is -0.581. The number of hydrogen-bond acceptors (Lipinski definition) is 8. The van der Waals surface area contributed by atoms with Crippen LogP contribution in [0.4, 0.5) is 11.4 Å². The number of hydrogen-bond donors (Lipinski definition) is 0. The second-order valence-electron chi connectivity index (χ2n) is 14.6. The van der Waals surface area contributed by atoms with Crippen molar-refractivity contribution < 1.29 is 19.1 Å². The number of carbonyl (C=O) groups excluding carboxylic acids is 2. The number of Topliss-reactive ketones (excluding diaryl/α,β-unsaturated/α-hetero) is 2. The molecule has 46 heavy (non-hydrogen) atoms. The van der Waals surface area contributed by atoms with Crippen LogP contribution in [0.2, 0.25) is 0 Å². The number of anilines is 2. The lowest BCUT2D eigenvalue weighted by Gasteiger charge is -2.29. The van der Waals surface area contributed by atoms with Crippen molar-refractivity contribution in [2.24, 2.45) is 10.8 Å². The van der Waals surface area contributed by atoms with Crippen molar-refractivity contribution in [1.29, 1.82) is 10.5 Å². The van der Waals surface area contributed by atoms with E-state index in [-0.39, 0.29) is 40.2 Å². The third-order valence-electron chi connectivity index (χ3n) is 8.82. The molecular weight excluding hydrogens is 576 g/mol. The molecule has 8 heteroatoms. The van der Waals surface area contributed by atoms with Crippen LogP contribution in [-0.2, 0) is 21.4 Å². The monoisotopic (exact) mass is 624 g/mol. The van der Waals surface area contributed by atoms with Gasteiger partial charge in [-0.3, -0.25) is 9.59 Å². The number of rotatable bonds is 6. The maximum atomic E-state index is 12.5. The van der Waals surface area contributed by atoms with Gasteiger partial charge < -0.3 is 19.3 Å². The van der Waals surface area contributed by atoms with Crippen molar-refractivity contribution in [3.8, 4) is 23.6 Å². The first-order valence-corrected chi connectivity index (χ1v) is 15.6. The summed E-state index contributed by atoms with van der Waals surface area (Å²) in [5, 5.41) is 18.8. The van der Waals surface area contributed by atoms with E-state index in [2.05, 4.69) is 39.8 Å². The fraction of sp³-hybridized carbons (Fsp3) is 0.474. The van der Waals surface area contributed by atoms with Crippen molar-refractivity contribution in [2.45, 2.75) is 93.2 Å². The molecule has 0 N–H and O–H groups in total. The van der Waals surface area contributed by atoms with E-state index in [1.807, 2.05) is 87.7 Å². The highest BCUT2D eigenvalue weighted by atomic mass is 16.5. The van der Waals surface area contributed by atoms with Gasteiger partial charge in [0, 0.05) is 52.1 Å². The molecule has 2 aromatic carbocycles. The second kappa shape index (κ2) is 13.4. The van der Waals surface area contributed by atoms with Gasteiger partial charge in [0.1, 0.15) is 34.8 Å². The Balaban J connectivity index is 0.000000251. The summed E-state index contributed by atoms with van der Waals surface area (Å²) >= 11 is 0. The van der Waals surface area contributed by atoms with Crippen molar-refractivity contribution >= 4 is 22.9 Å². The van der Waals surface area contributed by atoms with Gasteiger partial charge in [-0.25, -0.2) is 0 Å². The van der Waals surface area contributed by atoms with Crippen molar-refractivity contribution in [3.05, 3.63) is 71.1 Å². The summed E-state index contributed by atoms with van der Waals surface area (Å²) in [4.78, 5) is 28.9. The van der Waals surface area contributed by atoms with Crippen LogP contribution in [0.1, 0.15) is 80.4 Å². The molecule has 2 atom stereocenters. The molecule has 0 amide bonds. The summed E-state index contributed by atoms with van der Waals surface area (Å²) in [5.41, 5.74) is 3.50. The maximum Gasteiger partial charge on any atom is 0.180 e. The smallest absolute Gasteiger partial charge is 0.180 e. The molecule has 4 rings (SSSR count). The van der Waals surface area contributed by atoms with Gasteiger partial charge in [-0.15, -0.1) is 0 Å². The van der Waals surface area contributed by atoms with E-state index in [0.29, 0.717) is 0 Å². The fourth-order valence-corrected chi connectivity index (χ4v) is 5.66. The minimum absolute atomic E-state index is 0.119. The largest absolute Gasteiger partial charge is 0.497 e. The highest BCUT2D eigenvalue weighted by Crippen LogP contribution is 2.47. The standard InChI is InChI=1S/C20H26N2O2.C18H22N2O2/c1-13-20(5,6)16-10-15(24-7)8-9-17(16)22(13)12-14(11-21)18(23)19(2,3)4;1-12-8-13-9-15(22-5)6-7-16(13)20(12)11-14(10-19)17(21)18(2,3)4/h8-10,12-13H,1-7H3;6-7,9,11-12H,8H2,1-5H3. The summed E-state index contributed by atoms with van der Waals surface area (Å²) in [5.74, 6) is 1.36. The van der Waals surface area contributed by atoms with Gasteiger partial charge in [0.25, 0.3) is 0 Å². The average molecular weight is 625 g/mol. The third kappa shape index (κ3) is 7.29. The summed E-state index contributed by atoms with van der Waals surface area (Å²) < 4.78 is 10.6. The highest BCUT2D eigenvalue weighted by molar-refractivity contribution is 6.03. The molecule has 2 unspecified atom stereocenters. The quantitative estimate of drug-likeness (QED) is 0.238. The molecule has 2 heterocycles. The lowest BCUT2D eigenvalue weighted by Crippen LogP contribution is -2.36. The first-order chi connectivity index (χ1) is 21.3. The number of fused-ring (bicyclic) bond motifs is 2. The van der Waals surface area contributed by atoms with Gasteiger partial charge >= 0.3 is 0 Å². The second-order valence-corrected chi connectivity index (χ2v) is 14.6. The number of ketones is 2. The Bertz CT molecular complexity index is 1640.